The second kappa shape index (κ2) is 6.60. The van der Waals surface area contributed by atoms with E-state index in [0.29, 0.717) is 24.9 Å². The van der Waals surface area contributed by atoms with Crippen molar-refractivity contribution in [3.63, 3.8) is 0 Å². The molecule has 2 atom stereocenters. The molecular weight excluding hydrogens is 206 g/mol. The van der Waals surface area contributed by atoms with Gasteiger partial charge in [0.2, 0.25) is 0 Å². The Kier molecular flexibility index (Phi) is 5.42. The third kappa shape index (κ3) is 3.57. The van der Waals surface area contributed by atoms with Crippen LogP contribution < -0.4 is 5.73 Å². The Morgan fingerprint density at radius 2 is 2.00 bits per heavy atom. The zero-order valence-corrected chi connectivity index (χ0v) is 9.21. The van der Waals surface area contributed by atoms with E-state index < -0.39 is 12.2 Å². The van der Waals surface area contributed by atoms with Crippen LogP contribution in [0, 0.1) is 0 Å². The van der Waals surface area contributed by atoms with Gasteiger partial charge in [-0.2, -0.15) is 0 Å². The van der Waals surface area contributed by atoms with Gasteiger partial charge in [0.15, 0.2) is 0 Å². The second-order valence-electron chi connectivity index (χ2n) is 3.81. The Bertz CT molecular complexity index is 317. The van der Waals surface area contributed by atoms with Crippen molar-refractivity contribution >= 4 is 0 Å². The fourth-order valence-corrected chi connectivity index (χ4v) is 1.61. The van der Waals surface area contributed by atoms with Gasteiger partial charge in [0.05, 0.1) is 6.10 Å². The molecule has 2 unspecified atom stereocenters. The third-order valence-corrected chi connectivity index (χ3v) is 2.52. The molecule has 0 spiro atoms. The summed E-state index contributed by atoms with van der Waals surface area (Å²) in [5.41, 5.74) is 6.92. The van der Waals surface area contributed by atoms with Gasteiger partial charge in [-0.25, -0.2) is 0 Å². The Balaban J connectivity index is 2.74. The van der Waals surface area contributed by atoms with Gasteiger partial charge in [-0.1, -0.05) is 24.3 Å². The van der Waals surface area contributed by atoms with E-state index in [0.717, 1.165) is 5.56 Å². The molecule has 0 saturated carbocycles. The lowest BCUT2D eigenvalue weighted by Crippen LogP contribution is -2.21. The van der Waals surface area contributed by atoms with Crippen molar-refractivity contribution in [3.8, 4) is 0 Å². The van der Waals surface area contributed by atoms with E-state index in [1.54, 1.807) is 18.2 Å². The highest BCUT2D eigenvalue weighted by Gasteiger charge is 2.17. The van der Waals surface area contributed by atoms with E-state index in [-0.39, 0.29) is 6.61 Å². The summed E-state index contributed by atoms with van der Waals surface area (Å²) >= 11 is 0. The van der Waals surface area contributed by atoms with Gasteiger partial charge < -0.3 is 21.1 Å². The van der Waals surface area contributed by atoms with Crippen molar-refractivity contribution in [1.82, 2.24) is 0 Å². The van der Waals surface area contributed by atoms with Gasteiger partial charge in [-0.05, 0) is 30.5 Å². The predicted octanol–water partition coefficient (Wildman–Crippen LogP) is -0.0355. The summed E-state index contributed by atoms with van der Waals surface area (Å²) in [6, 6.07) is 7.23. The van der Waals surface area contributed by atoms with Crippen LogP contribution in [0.2, 0.25) is 0 Å². The third-order valence-electron chi connectivity index (χ3n) is 2.52. The monoisotopic (exact) mass is 225 g/mol. The molecule has 4 heteroatoms. The molecule has 0 amide bonds. The maximum atomic E-state index is 9.84. The molecule has 0 saturated heterocycles. The van der Waals surface area contributed by atoms with Gasteiger partial charge in [-0.3, -0.25) is 0 Å². The lowest BCUT2D eigenvalue weighted by molar-refractivity contribution is 0.0150. The Morgan fingerprint density at radius 3 is 2.62 bits per heavy atom. The lowest BCUT2D eigenvalue weighted by Gasteiger charge is -2.18. The maximum Gasteiger partial charge on any atom is 0.105 e. The SMILES string of the molecule is NCCC(O)C(O)c1cccc(CCO)c1. The standard InChI is InChI=1S/C12H19NO3/c13-6-4-11(15)12(16)10-3-1-2-9(8-10)5-7-14/h1-3,8,11-12,14-16H,4-7,13H2. The van der Waals surface area contributed by atoms with Crippen molar-refractivity contribution < 1.29 is 15.3 Å². The number of rotatable bonds is 6. The number of aliphatic hydroxyl groups is 3. The zero-order chi connectivity index (χ0) is 12.0. The zero-order valence-electron chi connectivity index (χ0n) is 9.21. The first-order valence-electron chi connectivity index (χ1n) is 5.45. The molecule has 1 rings (SSSR count). The fourth-order valence-electron chi connectivity index (χ4n) is 1.61. The highest BCUT2D eigenvalue weighted by molar-refractivity contribution is 5.26. The normalized spacial score (nSPS) is 14.8. The van der Waals surface area contributed by atoms with Crippen LogP contribution in [0.15, 0.2) is 24.3 Å². The van der Waals surface area contributed by atoms with E-state index in [2.05, 4.69) is 0 Å². The molecule has 0 radical (unpaired) electrons. The first-order chi connectivity index (χ1) is 7.69. The van der Waals surface area contributed by atoms with Crippen molar-refractivity contribution in [2.45, 2.75) is 25.0 Å². The second-order valence-corrected chi connectivity index (χ2v) is 3.81. The Labute approximate surface area is 95.3 Å². The summed E-state index contributed by atoms with van der Waals surface area (Å²) in [5.74, 6) is 0. The number of nitrogens with two attached hydrogens (primary N) is 1. The molecule has 4 nitrogen and oxygen atoms in total. The summed E-state index contributed by atoms with van der Waals surface area (Å²) in [6.45, 7) is 0.416. The molecule has 1 aromatic rings. The van der Waals surface area contributed by atoms with Crippen LogP contribution in [0.1, 0.15) is 23.7 Å². The van der Waals surface area contributed by atoms with Crippen LogP contribution in [0.3, 0.4) is 0 Å². The number of hydrogen-bond acceptors (Lipinski definition) is 4. The molecule has 5 N–H and O–H groups in total. The average Bonchev–Trinajstić information content (AvgIpc) is 2.29. The summed E-state index contributed by atoms with van der Waals surface area (Å²) in [6.07, 6.45) is -0.838. The van der Waals surface area contributed by atoms with E-state index in [9.17, 15) is 10.2 Å². The van der Waals surface area contributed by atoms with E-state index in [1.807, 2.05) is 6.07 Å². The molecular formula is C12H19NO3. The first-order valence-corrected chi connectivity index (χ1v) is 5.45. The molecule has 0 fully saturated rings. The first kappa shape index (κ1) is 13.1. The molecule has 0 aliphatic carbocycles. The largest absolute Gasteiger partial charge is 0.396 e. The highest BCUT2D eigenvalue weighted by atomic mass is 16.3. The Hall–Kier alpha value is -0.940. The molecule has 0 bridgehead atoms. The number of aliphatic hydroxyl groups excluding tert-OH is 3. The van der Waals surface area contributed by atoms with Gasteiger partial charge in [0, 0.05) is 6.61 Å². The molecule has 0 aliphatic rings. The topological polar surface area (TPSA) is 86.7 Å². The molecule has 90 valence electrons. The summed E-state index contributed by atoms with van der Waals surface area (Å²) < 4.78 is 0. The maximum absolute atomic E-state index is 9.84. The molecule has 0 aliphatic heterocycles. The minimum absolute atomic E-state index is 0.0743. The van der Waals surface area contributed by atoms with Gasteiger partial charge >= 0.3 is 0 Å². The summed E-state index contributed by atoms with van der Waals surface area (Å²) in [4.78, 5) is 0. The minimum Gasteiger partial charge on any atom is -0.396 e. The van der Waals surface area contributed by atoms with Crippen LogP contribution in [-0.2, 0) is 6.42 Å². The summed E-state index contributed by atoms with van der Waals surface area (Å²) in [7, 11) is 0. The average molecular weight is 225 g/mol. The van der Waals surface area contributed by atoms with Crippen molar-refractivity contribution in [1.29, 1.82) is 0 Å². The van der Waals surface area contributed by atoms with Gasteiger partial charge in [0.25, 0.3) is 0 Å². The van der Waals surface area contributed by atoms with E-state index in [1.165, 1.54) is 0 Å². The fraction of sp³-hybridized carbons (Fsp3) is 0.500. The molecule has 0 heterocycles. The van der Waals surface area contributed by atoms with Crippen LogP contribution in [0.4, 0.5) is 0 Å². The Morgan fingerprint density at radius 1 is 1.25 bits per heavy atom. The van der Waals surface area contributed by atoms with E-state index >= 15 is 0 Å². The summed E-state index contributed by atoms with van der Waals surface area (Å²) in [5, 5.41) is 28.3. The molecule has 1 aromatic carbocycles. The van der Waals surface area contributed by atoms with Crippen molar-refractivity contribution in [3.05, 3.63) is 35.4 Å². The lowest BCUT2D eigenvalue weighted by atomic mass is 9.99. The molecule has 16 heavy (non-hydrogen) atoms. The van der Waals surface area contributed by atoms with Crippen LogP contribution in [-0.4, -0.2) is 34.6 Å². The van der Waals surface area contributed by atoms with Gasteiger partial charge in [0.1, 0.15) is 6.10 Å². The molecule has 0 aromatic heterocycles. The van der Waals surface area contributed by atoms with Crippen LogP contribution >= 0.6 is 0 Å². The van der Waals surface area contributed by atoms with Crippen LogP contribution in [0.25, 0.3) is 0 Å². The predicted molar refractivity (Wildman–Crippen MR) is 61.9 cm³/mol. The quantitative estimate of drug-likeness (QED) is 0.547. The number of benzene rings is 1. The highest BCUT2D eigenvalue weighted by Crippen LogP contribution is 2.19. The minimum atomic E-state index is -0.915. The van der Waals surface area contributed by atoms with Gasteiger partial charge in [-0.15, -0.1) is 0 Å². The van der Waals surface area contributed by atoms with Crippen molar-refractivity contribution in [2.24, 2.45) is 5.73 Å². The smallest absolute Gasteiger partial charge is 0.105 e. The van der Waals surface area contributed by atoms with E-state index in [4.69, 9.17) is 10.8 Å². The van der Waals surface area contributed by atoms with Crippen LogP contribution in [0.5, 0.6) is 0 Å². The van der Waals surface area contributed by atoms with Crippen molar-refractivity contribution in [2.75, 3.05) is 13.2 Å². The number of hydrogen-bond donors (Lipinski definition) is 4.